The van der Waals surface area contributed by atoms with Gasteiger partial charge in [0.05, 0.1) is 4.91 Å². The zero-order valence-electron chi connectivity index (χ0n) is 13.3. The zero-order chi connectivity index (χ0) is 16.9. The van der Waals surface area contributed by atoms with Crippen molar-refractivity contribution in [2.24, 2.45) is 0 Å². The Labute approximate surface area is 151 Å². The van der Waals surface area contributed by atoms with Gasteiger partial charge in [0.1, 0.15) is 17.0 Å². The molecule has 0 atom stereocenters. The highest BCUT2D eigenvalue weighted by Gasteiger charge is 2.34. The highest BCUT2D eigenvalue weighted by molar-refractivity contribution is 8.26. The fraction of sp³-hybridized carbons (Fsp3) is 0.389. The lowest BCUT2D eigenvalue weighted by Crippen LogP contribution is -2.36. The predicted molar refractivity (Wildman–Crippen MR) is 99.3 cm³/mol. The molecule has 1 amide bonds. The number of rotatable bonds is 4. The smallest absolute Gasteiger partial charge is 0.326 e. The average molecular weight is 361 g/mol. The van der Waals surface area contributed by atoms with Gasteiger partial charge in [-0.15, -0.1) is 0 Å². The van der Waals surface area contributed by atoms with E-state index in [0.717, 1.165) is 31.2 Å². The third kappa shape index (κ3) is 4.24. The quantitative estimate of drug-likeness (QED) is 0.464. The maximum absolute atomic E-state index is 12.5. The first-order valence-corrected chi connectivity index (χ1v) is 9.36. The maximum Gasteiger partial charge on any atom is 0.326 e. The number of benzene rings is 1. The molecule has 0 spiro atoms. The second kappa shape index (κ2) is 7.94. The molecule has 1 saturated heterocycles. The SMILES string of the molecule is O=C(CN1C(=O)/C(=C/c2ccccc2)SC1=S)OC1CCCCC1. The van der Waals surface area contributed by atoms with Gasteiger partial charge < -0.3 is 4.74 Å². The van der Waals surface area contributed by atoms with E-state index in [-0.39, 0.29) is 24.5 Å². The highest BCUT2D eigenvalue weighted by atomic mass is 32.2. The second-order valence-electron chi connectivity index (χ2n) is 5.93. The summed E-state index contributed by atoms with van der Waals surface area (Å²) >= 11 is 6.48. The minimum Gasteiger partial charge on any atom is -0.461 e. The lowest BCUT2D eigenvalue weighted by molar-refractivity contribution is -0.152. The number of amides is 1. The fourth-order valence-electron chi connectivity index (χ4n) is 2.87. The van der Waals surface area contributed by atoms with E-state index in [2.05, 4.69) is 0 Å². The van der Waals surface area contributed by atoms with Gasteiger partial charge in [0.15, 0.2) is 0 Å². The summed E-state index contributed by atoms with van der Waals surface area (Å²) in [6.07, 6.45) is 7.01. The topological polar surface area (TPSA) is 46.6 Å². The summed E-state index contributed by atoms with van der Waals surface area (Å²) in [5.74, 6) is -0.603. The molecule has 2 fully saturated rings. The van der Waals surface area contributed by atoms with E-state index < -0.39 is 0 Å². The summed E-state index contributed by atoms with van der Waals surface area (Å²) in [6.45, 7) is -0.104. The number of esters is 1. The molecule has 2 aliphatic rings. The molecule has 0 aromatic heterocycles. The van der Waals surface area contributed by atoms with Crippen molar-refractivity contribution in [3.05, 3.63) is 40.8 Å². The van der Waals surface area contributed by atoms with Crippen molar-refractivity contribution in [2.75, 3.05) is 6.54 Å². The number of nitrogens with zero attached hydrogens (tertiary/aromatic N) is 1. The van der Waals surface area contributed by atoms with E-state index in [1.54, 1.807) is 6.08 Å². The van der Waals surface area contributed by atoms with Crippen molar-refractivity contribution in [3.8, 4) is 0 Å². The molecule has 1 aromatic carbocycles. The van der Waals surface area contributed by atoms with Crippen molar-refractivity contribution in [3.63, 3.8) is 0 Å². The Hall–Kier alpha value is -1.66. The van der Waals surface area contributed by atoms with Crippen molar-refractivity contribution in [1.82, 2.24) is 4.90 Å². The Balaban J connectivity index is 1.61. The number of ether oxygens (including phenoxy) is 1. The minimum atomic E-state index is -0.376. The second-order valence-corrected chi connectivity index (χ2v) is 7.60. The number of thioether (sulfide) groups is 1. The molecule has 3 rings (SSSR count). The van der Waals surface area contributed by atoms with Crippen LogP contribution in [-0.4, -0.2) is 33.7 Å². The van der Waals surface area contributed by atoms with Crippen LogP contribution in [0.2, 0.25) is 0 Å². The summed E-state index contributed by atoms with van der Waals surface area (Å²) < 4.78 is 5.89. The van der Waals surface area contributed by atoms with Crippen molar-refractivity contribution < 1.29 is 14.3 Å². The molecule has 24 heavy (non-hydrogen) atoms. The van der Waals surface area contributed by atoms with Gasteiger partial charge in [-0.2, -0.15) is 0 Å². The lowest BCUT2D eigenvalue weighted by Gasteiger charge is -2.23. The Morgan fingerprint density at radius 1 is 1.25 bits per heavy atom. The number of carbonyl (C=O) groups excluding carboxylic acids is 2. The summed E-state index contributed by atoms with van der Waals surface area (Å²) in [6, 6.07) is 9.58. The summed E-state index contributed by atoms with van der Waals surface area (Å²) in [5.41, 5.74) is 0.933. The van der Waals surface area contributed by atoms with E-state index in [4.69, 9.17) is 17.0 Å². The normalized spacial score (nSPS) is 20.7. The van der Waals surface area contributed by atoms with Crippen LogP contribution in [0, 0.1) is 0 Å². The van der Waals surface area contributed by atoms with Crippen LogP contribution in [0.4, 0.5) is 0 Å². The summed E-state index contributed by atoms with van der Waals surface area (Å²) in [4.78, 5) is 26.5. The van der Waals surface area contributed by atoms with Crippen LogP contribution in [0.15, 0.2) is 35.2 Å². The van der Waals surface area contributed by atoms with Gasteiger partial charge in [0.2, 0.25) is 0 Å². The van der Waals surface area contributed by atoms with Crippen LogP contribution in [0.3, 0.4) is 0 Å². The summed E-state index contributed by atoms with van der Waals surface area (Å²) in [7, 11) is 0. The molecule has 0 bridgehead atoms. The van der Waals surface area contributed by atoms with E-state index >= 15 is 0 Å². The minimum absolute atomic E-state index is 0.00971. The monoisotopic (exact) mass is 361 g/mol. The van der Waals surface area contributed by atoms with Crippen LogP contribution < -0.4 is 0 Å². The van der Waals surface area contributed by atoms with E-state index in [1.165, 1.54) is 23.1 Å². The first-order valence-electron chi connectivity index (χ1n) is 8.13. The van der Waals surface area contributed by atoms with Crippen molar-refractivity contribution in [2.45, 2.75) is 38.2 Å². The molecule has 1 aromatic rings. The van der Waals surface area contributed by atoms with Gasteiger partial charge in [0.25, 0.3) is 5.91 Å². The van der Waals surface area contributed by atoms with Crippen LogP contribution in [-0.2, 0) is 14.3 Å². The van der Waals surface area contributed by atoms with E-state index in [9.17, 15) is 9.59 Å². The lowest BCUT2D eigenvalue weighted by atomic mass is 9.98. The molecular formula is C18H19NO3S2. The standard InChI is InChI=1S/C18H19NO3S2/c20-16(22-14-9-5-2-6-10-14)12-19-17(21)15(24-18(19)23)11-13-7-3-1-4-8-13/h1,3-4,7-8,11,14H,2,5-6,9-10,12H2/b15-11-. The molecular weight excluding hydrogens is 342 g/mol. The Bertz CT molecular complexity index is 666. The van der Waals surface area contributed by atoms with Gasteiger partial charge >= 0.3 is 5.97 Å². The van der Waals surface area contributed by atoms with E-state index in [1.807, 2.05) is 30.3 Å². The fourth-order valence-corrected chi connectivity index (χ4v) is 4.13. The average Bonchev–Trinajstić information content (AvgIpc) is 2.84. The van der Waals surface area contributed by atoms with Gasteiger partial charge in [-0.1, -0.05) is 60.7 Å². The van der Waals surface area contributed by atoms with Crippen LogP contribution in [0.1, 0.15) is 37.7 Å². The first kappa shape index (κ1) is 17.2. The Morgan fingerprint density at radius 2 is 1.96 bits per heavy atom. The first-order chi connectivity index (χ1) is 11.6. The van der Waals surface area contributed by atoms with Crippen molar-refractivity contribution in [1.29, 1.82) is 0 Å². The molecule has 1 aliphatic heterocycles. The molecule has 1 saturated carbocycles. The molecule has 0 N–H and O–H groups in total. The summed E-state index contributed by atoms with van der Waals surface area (Å²) in [5, 5.41) is 0. The number of carbonyl (C=O) groups is 2. The van der Waals surface area contributed by atoms with Gasteiger partial charge in [0, 0.05) is 0 Å². The zero-order valence-corrected chi connectivity index (χ0v) is 14.9. The number of thiocarbonyl (C=S) groups is 1. The van der Waals surface area contributed by atoms with Crippen molar-refractivity contribution >= 4 is 46.3 Å². The molecule has 6 heteroatoms. The van der Waals surface area contributed by atoms with E-state index in [0.29, 0.717) is 9.23 Å². The third-order valence-electron chi connectivity index (χ3n) is 4.11. The van der Waals surface area contributed by atoms with Crippen LogP contribution >= 0.6 is 24.0 Å². The number of hydrogen-bond acceptors (Lipinski definition) is 5. The van der Waals surface area contributed by atoms with Gasteiger partial charge in [-0.25, -0.2) is 0 Å². The molecule has 0 unspecified atom stereocenters. The highest BCUT2D eigenvalue weighted by Crippen LogP contribution is 2.32. The van der Waals surface area contributed by atoms with Gasteiger partial charge in [-0.3, -0.25) is 14.5 Å². The molecule has 0 radical (unpaired) electrons. The number of hydrogen-bond donors (Lipinski definition) is 0. The predicted octanol–water partition coefficient (Wildman–Crippen LogP) is 3.76. The Morgan fingerprint density at radius 3 is 2.67 bits per heavy atom. The molecule has 4 nitrogen and oxygen atoms in total. The van der Waals surface area contributed by atoms with Crippen LogP contribution in [0.5, 0.6) is 0 Å². The van der Waals surface area contributed by atoms with Crippen LogP contribution in [0.25, 0.3) is 6.08 Å². The Kier molecular flexibility index (Phi) is 5.68. The third-order valence-corrected chi connectivity index (χ3v) is 5.49. The molecule has 1 heterocycles. The molecule has 1 aliphatic carbocycles. The van der Waals surface area contributed by atoms with Gasteiger partial charge in [-0.05, 0) is 37.3 Å². The molecule has 126 valence electrons. The maximum atomic E-state index is 12.5. The largest absolute Gasteiger partial charge is 0.461 e.